The summed E-state index contributed by atoms with van der Waals surface area (Å²) >= 11 is 0. The van der Waals surface area contributed by atoms with Crippen LogP contribution in [0.25, 0.3) is 0 Å². The first-order valence-electron chi connectivity index (χ1n) is 6.95. The van der Waals surface area contributed by atoms with Gasteiger partial charge in [-0.25, -0.2) is 0 Å². The number of hydrogen-bond donors (Lipinski definition) is 1. The summed E-state index contributed by atoms with van der Waals surface area (Å²) in [4.78, 5) is 4.74. The predicted octanol–water partition coefficient (Wildman–Crippen LogP) is 1.69. The Bertz CT molecular complexity index is 405. The highest BCUT2D eigenvalue weighted by atomic mass is 15.3. The smallest absolute Gasteiger partial charge is 0.172 e. The van der Waals surface area contributed by atoms with Gasteiger partial charge in [-0.05, 0) is 18.5 Å². The van der Waals surface area contributed by atoms with E-state index in [9.17, 15) is 0 Å². The lowest BCUT2D eigenvalue weighted by Crippen LogP contribution is -2.44. The van der Waals surface area contributed by atoms with E-state index in [0.29, 0.717) is 0 Å². The van der Waals surface area contributed by atoms with E-state index in [1.54, 1.807) is 6.20 Å². The lowest BCUT2D eigenvalue weighted by Gasteiger charge is -2.34. The van der Waals surface area contributed by atoms with Crippen molar-refractivity contribution in [1.82, 2.24) is 15.1 Å². The second-order valence-electron chi connectivity index (χ2n) is 6.47. The SMILES string of the molecule is CN1CCN(c2ccnnc2NCC(C)(C)C)CC1. The van der Waals surface area contributed by atoms with Crippen LogP contribution in [-0.2, 0) is 0 Å². The van der Waals surface area contributed by atoms with E-state index in [0.717, 1.165) is 38.5 Å². The first-order chi connectivity index (χ1) is 8.96. The minimum atomic E-state index is 0.233. The van der Waals surface area contributed by atoms with Crippen LogP contribution in [0.15, 0.2) is 12.3 Å². The standard InChI is InChI=1S/C14H25N5/c1-14(2,3)11-15-13-12(5-6-16-17-13)19-9-7-18(4)8-10-19/h5-6H,7-11H2,1-4H3,(H,15,17). The van der Waals surface area contributed by atoms with Gasteiger partial charge in [0, 0.05) is 32.7 Å². The van der Waals surface area contributed by atoms with Crippen molar-refractivity contribution in [3.63, 3.8) is 0 Å². The number of piperazine rings is 1. The number of rotatable bonds is 3. The Morgan fingerprint density at radius 2 is 1.89 bits per heavy atom. The Kier molecular flexibility index (Phi) is 4.24. The van der Waals surface area contributed by atoms with Crippen LogP contribution in [0.5, 0.6) is 0 Å². The fourth-order valence-electron chi connectivity index (χ4n) is 2.10. The molecule has 1 aromatic heterocycles. The number of nitrogens with one attached hydrogen (secondary N) is 1. The van der Waals surface area contributed by atoms with Gasteiger partial charge in [0.2, 0.25) is 0 Å². The van der Waals surface area contributed by atoms with Crippen molar-refractivity contribution in [3.8, 4) is 0 Å². The predicted molar refractivity (Wildman–Crippen MR) is 79.7 cm³/mol. The summed E-state index contributed by atoms with van der Waals surface area (Å²) in [6.07, 6.45) is 1.77. The molecule has 0 amide bonds. The fourth-order valence-corrected chi connectivity index (χ4v) is 2.10. The monoisotopic (exact) mass is 263 g/mol. The largest absolute Gasteiger partial charge is 0.366 e. The average Bonchev–Trinajstić information content (AvgIpc) is 2.37. The molecule has 0 unspecified atom stereocenters. The van der Waals surface area contributed by atoms with E-state index in [2.05, 4.69) is 59.2 Å². The van der Waals surface area contributed by atoms with Gasteiger partial charge < -0.3 is 15.1 Å². The number of anilines is 2. The van der Waals surface area contributed by atoms with Gasteiger partial charge in [-0.3, -0.25) is 0 Å². The lowest BCUT2D eigenvalue weighted by molar-refractivity contribution is 0.313. The summed E-state index contributed by atoms with van der Waals surface area (Å²) in [6, 6.07) is 2.06. The highest BCUT2D eigenvalue weighted by Crippen LogP contribution is 2.24. The molecule has 19 heavy (non-hydrogen) atoms. The molecule has 0 radical (unpaired) electrons. The van der Waals surface area contributed by atoms with Gasteiger partial charge >= 0.3 is 0 Å². The fraction of sp³-hybridized carbons (Fsp3) is 0.714. The maximum atomic E-state index is 4.26. The Morgan fingerprint density at radius 3 is 2.53 bits per heavy atom. The molecule has 1 saturated heterocycles. The molecule has 0 spiro atoms. The van der Waals surface area contributed by atoms with Crippen LogP contribution >= 0.6 is 0 Å². The maximum Gasteiger partial charge on any atom is 0.172 e. The van der Waals surface area contributed by atoms with Gasteiger partial charge in [0.25, 0.3) is 0 Å². The van der Waals surface area contributed by atoms with Crippen LogP contribution in [0.3, 0.4) is 0 Å². The van der Waals surface area contributed by atoms with E-state index < -0.39 is 0 Å². The zero-order valence-corrected chi connectivity index (χ0v) is 12.5. The maximum absolute atomic E-state index is 4.26. The Morgan fingerprint density at radius 1 is 1.21 bits per heavy atom. The van der Waals surface area contributed by atoms with Crippen molar-refractivity contribution in [2.45, 2.75) is 20.8 Å². The summed E-state index contributed by atoms with van der Waals surface area (Å²) in [6.45, 7) is 11.8. The lowest BCUT2D eigenvalue weighted by atomic mass is 9.97. The zero-order chi connectivity index (χ0) is 13.9. The molecule has 1 N–H and O–H groups in total. The van der Waals surface area contributed by atoms with Crippen molar-refractivity contribution < 1.29 is 0 Å². The number of likely N-dealkylation sites (N-methyl/N-ethyl adjacent to an activating group) is 1. The molecule has 0 saturated carbocycles. The van der Waals surface area contributed by atoms with Crippen molar-refractivity contribution in [3.05, 3.63) is 12.3 Å². The number of aromatic nitrogens is 2. The third-order valence-electron chi connectivity index (χ3n) is 3.33. The van der Waals surface area contributed by atoms with Crippen LogP contribution < -0.4 is 10.2 Å². The van der Waals surface area contributed by atoms with E-state index in [-0.39, 0.29) is 5.41 Å². The molecular weight excluding hydrogens is 238 g/mol. The van der Waals surface area contributed by atoms with Crippen molar-refractivity contribution in [1.29, 1.82) is 0 Å². The third-order valence-corrected chi connectivity index (χ3v) is 3.33. The number of nitrogens with zero attached hydrogens (tertiary/aromatic N) is 4. The van der Waals surface area contributed by atoms with Crippen molar-refractivity contribution >= 4 is 11.5 Å². The quantitative estimate of drug-likeness (QED) is 0.899. The number of hydrogen-bond acceptors (Lipinski definition) is 5. The summed E-state index contributed by atoms with van der Waals surface area (Å²) in [5, 5.41) is 11.7. The topological polar surface area (TPSA) is 44.3 Å². The van der Waals surface area contributed by atoms with Crippen LogP contribution in [0, 0.1) is 5.41 Å². The third kappa shape index (κ3) is 4.06. The summed E-state index contributed by atoms with van der Waals surface area (Å²) in [5.41, 5.74) is 1.41. The van der Waals surface area contributed by atoms with Gasteiger partial charge in [-0.1, -0.05) is 20.8 Å². The van der Waals surface area contributed by atoms with Gasteiger partial charge in [-0.2, -0.15) is 5.10 Å². The van der Waals surface area contributed by atoms with Crippen LogP contribution in [0.1, 0.15) is 20.8 Å². The molecular formula is C14H25N5. The van der Waals surface area contributed by atoms with Crippen LogP contribution in [0.2, 0.25) is 0 Å². The van der Waals surface area contributed by atoms with Crippen molar-refractivity contribution in [2.75, 3.05) is 50.0 Å². The highest BCUT2D eigenvalue weighted by molar-refractivity contribution is 5.65. The van der Waals surface area contributed by atoms with Gasteiger partial charge in [-0.15, -0.1) is 5.10 Å². The van der Waals surface area contributed by atoms with E-state index in [4.69, 9.17) is 0 Å². The zero-order valence-electron chi connectivity index (χ0n) is 12.5. The molecule has 2 heterocycles. The molecule has 1 aliphatic rings. The molecule has 0 aromatic carbocycles. The minimum Gasteiger partial charge on any atom is -0.366 e. The molecule has 0 atom stereocenters. The molecule has 0 bridgehead atoms. The van der Waals surface area contributed by atoms with Crippen molar-refractivity contribution in [2.24, 2.45) is 5.41 Å². The molecule has 5 heteroatoms. The normalized spacial score (nSPS) is 17.6. The van der Waals surface area contributed by atoms with Gasteiger partial charge in [0.15, 0.2) is 5.82 Å². The molecule has 1 fully saturated rings. The Hall–Kier alpha value is -1.36. The summed E-state index contributed by atoms with van der Waals surface area (Å²) in [5.74, 6) is 0.905. The Labute approximate surface area is 116 Å². The first-order valence-corrected chi connectivity index (χ1v) is 6.95. The second-order valence-corrected chi connectivity index (χ2v) is 6.47. The minimum absolute atomic E-state index is 0.233. The van der Waals surface area contributed by atoms with E-state index in [1.807, 2.05) is 0 Å². The molecule has 5 nitrogen and oxygen atoms in total. The molecule has 2 rings (SSSR count). The molecule has 106 valence electrons. The van der Waals surface area contributed by atoms with E-state index >= 15 is 0 Å². The van der Waals surface area contributed by atoms with E-state index in [1.165, 1.54) is 5.69 Å². The molecule has 1 aliphatic heterocycles. The Balaban J connectivity index is 2.08. The van der Waals surface area contributed by atoms with Crippen LogP contribution in [0.4, 0.5) is 11.5 Å². The van der Waals surface area contributed by atoms with Gasteiger partial charge in [0.05, 0.1) is 11.9 Å². The second kappa shape index (κ2) is 5.74. The van der Waals surface area contributed by atoms with Gasteiger partial charge in [0.1, 0.15) is 0 Å². The average molecular weight is 263 g/mol. The first kappa shape index (κ1) is 14.1. The summed E-state index contributed by atoms with van der Waals surface area (Å²) in [7, 11) is 2.17. The molecule has 1 aromatic rings. The highest BCUT2D eigenvalue weighted by Gasteiger charge is 2.19. The molecule has 0 aliphatic carbocycles. The summed E-state index contributed by atoms with van der Waals surface area (Å²) < 4.78 is 0. The van der Waals surface area contributed by atoms with Crippen LogP contribution in [-0.4, -0.2) is 54.9 Å².